The minimum atomic E-state index is -0.338. The normalized spacial score (nSPS) is 23.7. The summed E-state index contributed by atoms with van der Waals surface area (Å²) in [5, 5.41) is 0. The smallest absolute Gasteiger partial charge is 0.260 e. The highest BCUT2D eigenvalue weighted by molar-refractivity contribution is 5.93. The molecule has 2 aliphatic rings. The van der Waals surface area contributed by atoms with Crippen molar-refractivity contribution in [1.29, 1.82) is 0 Å². The number of amides is 2. The molecule has 1 spiro atoms. The second-order valence-corrected chi connectivity index (χ2v) is 8.24. The Hall–Kier alpha value is -2.11. The van der Waals surface area contributed by atoms with Gasteiger partial charge >= 0.3 is 0 Å². The first kappa shape index (κ1) is 18.7. The summed E-state index contributed by atoms with van der Waals surface area (Å²) in [7, 11) is 0. The zero-order chi connectivity index (χ0) is 18.7. The summed E-state index contributed by atoms with van der Waals surface area (Å²) in [6.07, 6.45) is 5.89. The molecule has 2 fully saturated rings. The maximum absolute atomic E-state index is 12.8. The monoisotopic (exact) mass is 359 g/mol. The molecule has 1 atom stereocenters. The van der Waals surface area contributed by atoms with E-state index in [1.807, 2.05) is 9.80 Å². The Morgan fingerprint density at radius 2 is 2.08 bits per heavy atom. The van der Waals surface area contributed by atoms with Gasteiger partial charge in [-0.3, -0.25) is 14.4 Å². The van der Waals surface area contributed by atoms with Crippen molar-refractivity contribution >= 4 is 11.8 Å². The lowest BCUT2D eigenvalue weighted by Crippen LogP contribution is -2.55. The molecule has 0 bridgehead atoms. The molecule has 2 amide bonds. The molecule has 6 heteroatoms. The number of pyridine rings is 1. The fourth-order valence-electron chi connectivity index (χ4n) is 4.19. The lowest BCUT2D eigenvalue weighted by Gasteiger charge is -2.48. The van der Waals surface area contributed by atoms with Gasteiger partial charge in [-0.1, -0.05) is 13.8 Å². The predicted molar refractivity (Wildman–Crippen MR) is 99.9 cm³/mol. The Labute approximate surface area is 154 Å². The van der Waals surface area contributed by atoms with Crippen LogP contribution < -0.4 is 5.56 Å². The molecule has 26 heavy (non-hydrogen) atoms. The molecular formula is C20H29N3O3. The van der Waals surface area contributed by atoms with Gasteiger partial charge in [0.05, 0.1) is 0 Å². The molecular weight excluding hydrogens is 330 g/mol. The molecule has 2 aliphatic heterocycles. The molecule has 2 saturated heterocycles. The summed E-state index contributed by atoms with van der Waals surface area (Å²) in [5.41, 5.74) is -0.164. The quantitative estimate of drug-likeness (QED) is 0.896. The van der Waals surface area contributed by atoms with Gasteiger partial charge in [-0.15, -0.1) is 0 Å². The Kier molecular flexibility index (Phi) is 5.49. The standard InChI is InChI=1S/C20H29N3O3/c1-15(2)7-12-22-13-20(9-6-17(22)24)8-4-11-23(14-20)19(26)16-5-3-10-21-18(16)25/h3,5,10,15H,4,6-9,11-14H2,1-2H3,(H,21,25)/t20-/m1/s1. The first-order valence-corrected chi connectivity index (χ1v) is 9.65. The first-order chi connectivity index (χ1) is 12.4. The van der Waals surface area contributed by atoms with Crippen LogP contribution in [0.25, 0.3) is 0 Å². The van der Waals surface area contributed by atoms with E-state index < -0.39 is 0 Å². The van der Waals surface area contributed by atoms with Gasteiger partial charge in [-0.05, 0) is 43.7 Å². The molecule has 0 saturated carbocycles. The lowest BCUT2D eigenvalue weighted by atomic mass is 9.73. The molecule has 0 aliphatic carbocycles. The van der Waals surface area contributed by atoms with Crippen molar-refractivity contribution < 1.29 is 9.59 Å². The number of aromatic amines is 1. The van der Waals surface area contributed by atoms with Crippen molar-refractivity contribution in [1.82, 2.24) is 14.8 Å². The van der Waals surface area contributed by atoms with Gasteiger partial charge < -0.3 is 14.8 Å². The minimum Gasteiger partial charge on any atom is -0.342 e. The van der Waals surface area contributed by atoms with Crippen LogP contribution >= 0.6 is 0 Å². The predicted octanol–water partition coefficient (Wildman–Crippen LogP) is 2.27. The highest BCUT2D eigenvalue weighted by atomic mass is 16.2. The molecule has 0 radical (unpaired) electrons. The molecule has 1 aromatic rings. The number of carbonyl (C=O) groups is 2. The third kappa shape index (κ3) is 4.00. The van der Waals surface area contributed by atoms with E-state index in [1.54, 1.807) is 12.1 Å². The van der Waals surface area contributed by atoms with E-state index in [0.29, 0.717) is 25.4 Å². The maximum atomic E-state index is 12.8. The van der Waals surface area contributed by atoms with E-state index in [-0.39, 0.29) is 28.4 Å². The molecule has 1 aromatic heterocycles. The van der Waals surface area contributed by atoms with Crippen LogP contribution in [0.3, 0.4) is 0 Å². The van der Waals surface area contributed by atoms with Crippen LogP contribution in [0.15, 0.2) is 23.1 Å². The number of carbonyl (C=O) groups excluding carboxylic acids is 2. The topological polar surface area (TPSA) is 73.5 Å². The first-order valence-electron chi connectivity index (χ1n) is 9.65. The zero-order valence-corrected chi connectivity index (χ0v) is 15.8. The van der Waals surface area contributed by atoms with Crippen LogP contribution in [0.4, 0.5) is 0 Å². The van der Waals surface area contributed by atoms with Crippen LogP contribution in [0, 0.1) is 11.3 Å². The van der Waals surface area contributed by atoms with Gasteiger partial charge in [0, 0.05) is 44.2 Å². The molecule has 3 rings (SSSR count). The molecule has 6 nitrogen and oxygen atoms in total. The fraction of sp³-hybridized carbons (Fsp3) is 0.650. The van der Waals surface area contributed by atoms with E-state index in [1.165, 1.54) is 6.20 Å². The average Bonchev–Trinajstić information content (AvgIpc) is 2.63. The van der Waals surface area contributed by atoms with Gasteiger partial charge in [0.1, 0.15) is 5.56 Å². The zero-order valence-electron chi connectivity index (χ0n) is 15.8. The van der Waals surface area contributed by atoms with E-state index >= 15 is 0 Å². The summed E-state index contributed by atoms with van der Waals surface area (Å²) in [6.45, 7) is 7.17. The van der Waals surface area contributed by atoms with Crippen LogP contribution in [-0.4, -0.2) is 52.8 Å². The molecule has 1 N–H and O–H groups in total. The van der Waals surface area contributed by atoms with Gasteiger partial charge in [0.25, 0.3) is 11.5 Å². The van der Waals surface area contributed by atoms with E-state index in [9.17, 15) is 14.4 Å². The number of piperidine rings is 2. The SMILES string of the molecule is CC(C)CCN1C[C@@]2(CCCN(C(=O)c3ccc[nH]c3=O)C2)CCC1=O. The summed E-state index contributed by atoms with van der Waals surface area (Å²) in [5.74, 6) is 0.602. The van der Waals surface area contributed by atoms with Gasteiger partial charge in [-0.2, -0.15) is 0 Å². The number of rotatable bonds is 4. The van der Waals surface area contributed by atoms with Crippen molar-refractivity contribution in [3.05, 3.63) is 34.2 Å². The fourth-order valence-corrected chi connectivity index (χ4v) is 4.19. The Morgan fingerprint density at radius 1 is 1.27 bits per heavy atom. The number of H-pyrrole nitrogens is 1. The maximum Gasteiger partial charge on any atom is 0.260 e. The summed E-state index contributed by atoms with van der Waals surface area (Å²) in [6, 6.07) is 3.27. The highest BCUT2D eigenvalue weighted by Crippen LogP contribution is 2.39. The number of nitrogens with zero attached hydrogens (tertiary/aromatic N) is 2. The van der Waals surface area contributed by atoms with E-state index in [0.717, 1.165) is 38.8 Å². The van der Waals surface area contributed by atoms with Crippen molar-refractivity contribution in [3.8, 4) is 0 Å². The Bertz CT molecular complexity index is 727. The van der Waals surface area contributed by atoms with Crippen molar-refractivity contribution in [3.63, 3.8) is 0 Å². The van der Waals surface area contributed by atoms with Gasteiger partial charge in [-0.25, -0.2) is 0 Å². The second-order valence-electron chi connectivity index (χ2n) is 8.24. The van der Waals surface area contributed by atoms with Gasteiger partial charge in [0.15, 0.2) is 0 Å². The molecule has 0 unspecified atom stereocenters. The summed E-state index contributed by atoms with van der Waals surface area (Å²) >= 11 is 0. The minimum absolute atomic E-state index is 0.0274. The highest BCUT2D eigenvalue weighted by Gasteiger charge is 2.42. The Balaban J connectivity index is 1.72. The van der Waals surface area contributed by atoms with Crippen molar-refractivity contribution in [2.24, 2.45) is 11.3 Å². The lowest BCUT2D eigenvalue weighted by molar-refractivity contribution is -0.139. The average molecular weight is 359 g/mol. The van der Waals surface area contributed by atoms with Crippen LogP contribution in [0.1, 0.15) is 56.3 Å². The van der Waals surface area contributed by atoms with Gasteiger partial charge in [0.2, 0.25) is 5.91 Å². The number of likely N-dealkylation sites (tertiary alicyclic amines) is 2. The molecule has 142 valence electrons. The summed E-state index contributed by atoms with van der Waals surface area (Å²) < 4.78 is 0. The van der Waals surface area contributed by atoms with E-state index in [2.05, 4.69) is 18.8 Å². The number of hydrogen-bond acceptors (Lipinski definition) is 3. The van der Waals surface area contributed by atoms with Crippen LogP contribution in [0.2, 0.25) is 0 Å². The third-order valence-electron chi connectivity index (χ3n) is 5.72. The number of aromatic nitrogens is 1. The second kappa shape index (κ2) is 7.64. The number of nitrogens with one attached hydrogen (secondary N) is 1. The molecule has 0 aromatic carbocycles. The van der Waals surface area contributed by atoms with Crippen LogP contribution in [-0.2, 0) is 4.79 Å². The Morgan fingerprint density at radius 3 is 2.81 bits per heavy atom. The summed E-state index contributed by atoms with van der Waals surface area (Å²) in [4.78, 5) is 43.5. The van der Waals surface area contributed by atoms with Crippen molar-refractivity contribution in [2.45, 2.75) is 46.0 Å². The van der Waals surface area contributed by atoms with E-state index in [4.69, 9.17) is 0 Å². The van der Waals surface area contributed by atoms with Crippen molar-refractivity contribution in [2.75, 3.05) is 26.2 Å². The third-order valence-corrected chi connectivity index (χ3v) is 5.72. The van der Waals surface area contributed by atoms with Crippen LogP contribution in [0.5, 0.6) is 0 Å². The number of hydrogen-bond donors (Lipinski definition) is 1. The molecule has 3 heterocycles. The largest absolute Gasteiger partial charge is 0.342 e.